The molecule has 0 saturated heterocycles. The van der Waals surface area contributed by atoms with Crippen molar-refractivity contribution in [3.63, 3.8) is 0 Å². The average molecular weight is 262 g/mol. The minimum absolute atomic E-state index is 0.157. The van der Waals surface area contributed by atoms with Gasteiger partial charge in [-0.1, -0.05) is 32.0 Å². The van der Waals surface area contributed by atoms with E-state index in [1.165, 1.54) is 0 Å². The Morgan fingerprint density at radius 1 is 1.21 bits per heavy atom. The molecule has 0 spiro atoms. The number of nitrogens with zero attached hydrogens (tertiary/aromatic N) is 1. The lowest BCUT2D eigenvalue weighted by molar-refractivity contribution is 0.0948. The summed E-state index contributed by atoms with van der Waals surface area (Å²) in [4.78, 5) is 25.6. The lowest BCUT2D eigenvalue weighted by atomic mass is 10.1. The van der Waals surface area contributed by atoms with Crippen molar-refractivity contribution in [2.24, 2.45) is 0 Å². The molecule has 19 heavy (non-hydrogen) atoms. The standard InChI is InChI=1S/C15H22N2O2/c1-5-12(6-2)17(4)15(19)16-14(18)13-10-8-7-9-11(13)3/h7-10,12H,5-6H2,1-4H3,(H,16,18,19). The second-order valence-corrected chi connectivity index (χ2v) is 4.66. The molecule has 1 aromatic carbocycles. The Morgan fingerprint density at radius 2 is 1.79 bits per heavy atom. The predicted molar refractivity (Wildman–Crippen MR) is 76.2 cm³/mol. The molecule has 0 heterocycles. The predicted octanol–water partition coefficient (Wildman–Crippen LogP) is 2.97. The SMILES string of the molecule is CCC(CC)N(C)C(=O)NC(=O)c1ccccc1C. The zero-order valence-corrected chi connectivity index (χ0v) is 12.1. The third kappa shape index (κ3) is 3.81. The fraction of sp³-hybridized carbons (Fsp3) is 0.467. The molecular weight excluding hydrogens is 240 g/mol. The number of hydrogen-bond acceptors (Lipinski definition) is 2. The molecule has 0 saturated carbocycles. The minimum Gasteiger partial charge on any atom is -0.325 e. The van der Waals surface area contributed by atoms with Crippen LogP contribution in [0.25, 0.3) is 0 Å². The van der Waals surface area contributed by atoms with Gasteiger partial charge in [-0.2, -0.15) is 0 Å². The first-order valence-corrected chi connectivity index (χ1v) is 6.65. The van der Waals surface area contributed by atoms with E-state index in [0.29, 0.717) is 5.56 Å². The van der Waals surface area contributed by atoms with Crippen molar-refractivity contribution in [3.05, 3.63) is 35.4 Å². The van der Waals surface area contributed by atoms with E-state index in [9.17, 15) is 9.59 Å². The molecule has 0 unspecified atom stereocenters. The van der Waals surface area contributed by atoms with Crippen LogP contribution in [0.5, 0.6) is 0 Å². The van der Waals surface area contributed by atoms with Gasteiger partial charge in [0.05, 0.1) is 0 Å². The van der Waals surface area contributed by atoms with Gasteiger partial charge in [-0.3, -0.25) is 10.1 Å². The van der Waals surface area contributed by atoms with Gasteiger partial charge >= 0.3 is 6.03 Å². The van der Waals surface area contributed by atoms with Crippen LogP contribution >= 0.6 is 0 Å². The van der Waals surface area contributed by atoms with Crippen LogP contribution in [0.15, 0.2) is 24.3 Å². The quantitative estimate of drug-likeness (QED) is 0.907. The largest absolute Gasteiger partial charge is 0.325 e. The van der Waals surface area contributed by atoms with E-state index in [4.69, 9.17) is 0 Å². The Kier molecular flexibility index (Phi) is 5.55. The van der Waals surface area contributed by atoms with E-state index in [1.54, 1.807) is 24.1 Å². The molecule has 4 heteroatoms. The van der Waals surface area contributed by atoms with Gasteiger partial charge in [0.2, 0.25) is 0 Å². The number of imide groups is 1. The van der Waals surface area contributed by atoms with Gasteiger partial charge in [-0.15, -0.1) is 0 Å². The molecule has 0 bridgehead atoms. The number of carbonyl (C=O) groups excluding carboxylic acids is 2. The van der Waals surface area contributed by atoms with Gasteiger partial charge in [0.1, 0.15) is 0 Å². The number of hydrogen-bond donors (Lipinski definition) is 1. The maximum absolute atomic E-state index is 12.0. The van der Waals surface area contributed by atoms with E-state index in [0.717, 1.165) is 18.4 Å². The summed E-state index contributed by atoms with van der Waals surface area (Å²) >= 11 is 0. The van der Waals surface area contributed by atoms with Gasteiger partial charge in [-0.05, 0) is 31.4 Å². The first-order valence-electron chi connectivity index (χ1n) is 6.65. The first kappa shape index (κ1) is 15.2. The molecule has 1 aromatic rings. The number of rotatable bonds is 4. The van der Waals surface area contributed by atoms with E-state index >= 15 is 0 Å². The van der Waals surface area contributed by atoms with E-state index < -0.39 is 0 Å². The number of urea groups is 1. The van der Waals surface area contributed by atoms with Gasteiger partial charge in [0.15, 0.2) is 0 Å². The number of aryl methyl sites for hydroxylation is 1. The van der Waals surface area contributed by atoms with Crippen LogP contribution < -0.4 is 5.32 Å². The van der Waals surface area contributed by atoms with Crippen LogP contribution in [0.4, 0.5) is 4.79 Å². The molecular formula is C15H22N2O2. The topological polar surface area (TPSA) is 49.4 Å². The van der Waals surface area contributed by atoms with Gasteiger partial charge in [0.25, 0.3) is 5.91 Å². The smallest absolute Gasteiger partial charge is 0.324 e. The second kappa shape index (κ2) is 6.92. The van der Waals surface area contributed by atoms with Crippen LogP contribution in [0.3, 0.4) is 0 Å². The molecule has 0 fully saturated rings. The molecule has 0 aliphatic rings. The van der Waals surface area contributed by atoms with Gasteiger partial charge < -0.3 is 4.90 Å². The summed E-state index contributed by atoms with van der Waals surface area (Å²) in [6.45, 7) is 5.91. The third-order valence-electron chi connectivity index (χ3n) is 3.42. The maximum atomic E-state index is 12.0. The lowest BCUT2D eigenvalue weighted by Gasteiger charge is -2.26. The normalized spacial score (nSPS) is 10.4. The number of nitrogens with one attached hydrogen (secondary N) is 1. The minimum atomic E-state index is -0.346. The molecule has 0 aliphatic carbocycles. The Labute approximate surface area is 114 Å². The van der Waals surface area contributed by atoms with Crippen molar-refractivity contribution in [1.82, 2.24) is 10.2 Å². The number of benzene rings is 1. The van der Waals surface area contributed by atoms with E-state index in [1.807, 2.05) is 32.9 Å². The second-order valence-electron chi connectivity index (χ2n) is 4.66. The highest BCUT2D eigenvalue weighted by atomic mass is 16.2. The van der Waals surface area contributed by atoms with Crippen molar-refractivity contribution in [2.45, 2.75) is 39.7 Å². The Balaban J connectivity index is 2.72. The molecule has 0 aromatic heterocycles. The monoisotopic (exact) mass is 262 g/mol. The zero-order chi connectivity index (χ0) is 14.4. The highest BCUT2D eigenvalue weighted by molar-refractivity contribution is 6.05. The highest BCUT2D eigenvalue weighted by Gasteiger charge is 2.19. The summed E-state index contributed by atoms with van der Waals surface area (Å²) in [5.74, 6) is -0.346. The van der Waals surface area contributed by atoms with Crippen molar-refractivity contribution in [1.29, 1.82) is 0 Å². The number of carbonyl (C=O) groups is 2. The van der Waals surface area contributed by atoms with Crippen LogP contribution in [0, 0.1) is 6.92 Å². The molecule has 3 amide bonds. The Morgan fingerprint density at radius 3 is 2.32 bits per heavy atom. The Bertz CT molecular complexity index is 453. The lowest BCUT2D eigenvalue weighted by Crippen LogP contribution is -2.45. The molecule has 4 nitrogen and oxygen atoms in total. The van der Waals surface area contributed by atoms with E-state index in [2.05, 4.69) is 5.32 Å². The summed E-state index contributed by atoms with van der Waals surface area (Å²) in [7, 11) is 1.72. The molecule has 1 rings (SSSR count). The van der Waals surface area contributed by atoms with E-state index in [-0.39, 0.29) is 18.0 Å². The molecule has 0 atom stereocenters. The molecule has 104 valence electrons. The Hall–Kier alpha value is -1.84. The van der Waals surface area contributed by atoms with Crippen molar-refractivity contribution < 1.29 is 9.59 Å². The summed E-state index contributed by atoms with van der Waals surface area (Å²) in [5, 5.41) is 2.43. The highest BCUT2D eigenvalue weighted by Crippen LogP contribution is 2.09. The molecule has 1 N–H and O–H groups in total. The molecule has 0 aliphatic heterocycles. The van der Waals surface area contributed by atoms with Crippen molar-refractivity contribution >= 4 is 11.9 Å². The van der Waals surface area contributed by atoms with Gasteiger partial charge in [-0.25, -0.2) is 4.79 Å². The van der Waals surface area contributed by atoms with Crippen LogP contribution in [-0.4, -0.2) is 29.9 Å². The van der Waals surface area contributed by atoms with Crippen molar-refractivity contribution in [3.8, 4) is 0 Å². The third-order valence-corrected chi connectivity index (χ3v) is 3.42. The van der Waals surface area contributed by atoms with Crippen LogP contribution in [-0.2, 0) is 0 Å². The number of amides is 3. The molecule has 0 radical (unpaired) electrons. The maximum Gasteiger partial charge on any atom is 0.324 e. The first-order chi connectivity index (χ1) is 9.01. The summed E-state index contributed by atoms with van der Waals surface area (Å²) in [6, 6.07) is 7.03. The van der Waals surface area contributed by atoms with Crippen LogP contribution in [0.1, 0.15) is 42.6 Å². The summed E-state index contributed by atoms with van der Waals surface area (Å²) in [6.07, 6.45) is 1.75. The fourth-order valence-electron chi connectivity index (χ4n) is 2.08. The van der Waals surface area contributed by atoms with Crippen LogP contribution in [0.2, 0.25) is 0 Å². The fourth-order valence-corrected chi connectivity index (χ4v) is 2.08. The van der Waals surface area contributed by atoms with Gasteiger partial charge in [0, 0.05) is 18.7 Å². The summed E-state index contributed by atoms with van der Waals surface area (Å²) < 4.78 is 0. The van der Waals surface area contributed by atoms with Crippen molar-refractivity contribution in [2.75, 3.05) is 7.05 Å². The summed E-state index contributed by atoms with van der Waals surface area (Å²) in [5.41, 5.74) is 1.40. The zero-order valence-electron chi connectivity index (χ0n) is 12.1. The average Bonchev–Trinajstić information content (AvgIpc) is 2.40.